The lowest BCUT2D eigenvalue weighted by Crippen LogP contribution is -2.06. The van der Waals surface area contributed by atoms with Crippen molar-refractivity contribution in [1.82, 2.24) is 5.32 Å². The summed E-state index contributed by atoms with van der Waals surface area (Å²) in [5.41, 5.74) is 0. The molecule has 1 nitrogen and oxygen atoms in total. The molecular weight excluding hydrogens is 129 g/mol. The van der Waals surface area contributed by atoms with Crippen molar-refractivity contribution < 1.29 is 0 Å². The quantitative estimate of drug-likeness (QED) is 0.445. The minimum absolute atomic E-state index is 1.18. The van der Waals surface area contributed by atoms with E-state index in [1.165, 1.54) is 38.4 Å². The van der Waals surface area contributed by atoms with Gasteiger partial charge in [0.25, 0.3) is 0 Å². The first-order valence-corrected chi connectivity index (χ1v) is 4.58. The van der Waals surface area contributed by atoms with Gasteiger partial charge in [-0.25, -0.2) is 0 Å². The highest BCUT2D eigenvalue weighted by molar-refractivity contribution is 7.16. The van der Waals surface area contributed by atoms with Crippen molar-refractivity contribution in [2.75, 3.05) is 19.8 Å². The molecule has 0 amide bonds. The van der Waals surface area contributed by atoms with E-state index in [-0.39, 0.29) is 0 Å². The second kappa shape index (κ2) is 8.39. The summed E-state index contributed by atoms with van der Waals surface area (Å²) in [6, 6.07) is 0. The Labute approximate surface area is 60.8 Å². The van der Waals surface area contributed by atoms with E-state index in [0.717, 1.165) is 0 Å². The summed E-state index contributed by atoms with van der Waals surface area (Å²) in [5.74, 6) is 0. The van der Waals surface area contributed by atoms with Gasteiger partial charge in [-0.15, -0.1) is 9.24 Å². The minimum atomic E-state index is 1.18. The molecule has 0 heterocycles. The predicted octanol–water partition coefficient (Wildman–Crippen LogP) is 1.64. The van der Waals surface area contributed by atoms with Crippen molar-refractivity contribution in [3.63, 3.8) is 0 Å². The van der Waals surface area contributed by atoms with Gasteiger partial charge in [-0.3, -0.25) is 0 Å². The van der Waals surface area contributed by atoms with Crippen molar-refractivity contribution in [2.45, 2.75) is 25.7 Å². The first-order valence-electron chi connectivity index (χ1n) is 3.76. The van der Waals surface area contributed by atoms with E-state index >= 15 is 0 Å². The Kier molecular flexibility index (Phi) is 8.75. The van der Waals surface area contributed by atoms with Crippen LogP contribution in [0.1, 0.15) is 25.7 Å². The molecule has 1 N–H and O–H groups in total. The first kappa shape index (κ1) is 9.39. The molecule has 0 aliphatic heterocycles. The molecule has 0 aliphatic carbocycles. The highest BCUT2D eigenvalue weighted by Crippen LogP contribution is 2.00. The molecule has 0 aromatic rings. The zero-order valence-electron chi connectivity index (χ0n) is 6.32. The molecule has 9 heavy (non-hydrogen) atoms. The molecular formula is C7H18NP. The Morgan fingerprint density at radius 3 is 2.33 bits per heavy atom. The van der Waals surface area contributed by atoms with Crippen LogP contribution >= 0.6 is 9.24 Å². The maximum absolute atomic E-state index is 3.14. The van der Waals surface area contributed by atoms with Crippen molar-refractivity contribution >= 4 is 9.24 Å². The SMILES string of the molecule is CNCCCCCCP. The maximum atomic E-state index is 3.14. The van der Waals surface area contributed by atoms with E-state index in [1.54, 1.807) is 0 Å². The van der Waals surface area contributed by atoms with Crippen molar-refractivity contribution in [3.8, 4) is 0 Å². The molecule has 0 saturated carbocycles. The monoisotopic (exact) mass is 147 g/mol. The maximum Gasteiger partial charge on any atom is -0.00519 e. The Hall–Kier alpha value is 0.390. The number of nitrogens with one attached hydrogen (secondary N) is 1. The molecule has 56 valence electrons. The van der Waals surface area contributed by atoms with Crippen LogP contribution in [0.4, 0.5) is 0 Å². The van der Waals surface area contributed by atoms with Crippen LogP contribution in [0.3, 0.4) is 0 Å². The third kappa shape index (κ3) is 8.39. The summed E-state index contributed by atoms with van der Waals surface area (Å²) in [6.45, 7) is 1.18. The minimum Gasteiger partial charge on any atom is -0.320 e. The van der Waals surface area contributed by atoms with Crippen molar-refractivity contribution in [2.24, 2.45) is 0 Å². The topological polar surface area (TPSA) is 12.0 Å². The third-order valence-electron chi connectivity index (χ3n) is 1.38. The van der Waals surface area contributed by atoms with Gasteiger partial charge in [0.2, 0.25) is 0 Å². The fraction of sp³-hybridized carbons (Fsp3) is 1.00. The van der Waals surface area contributed by atoms with Crippen LogP contribution in [0.15, 0.2) is 0 Å². The van der Waals surface area contributed by atoms with Crippen molar-refractivity contribution in [1.29, 1.82) is 0 Å². The predicted molar refractivity (Wildman–Crippen MR) is 47.0 cm³/mol. The Balaban J connectivity index is 2.60. The zero-order chi connectivity index (χ0) is 6.95. The molecule has 0 aromatic carbocycles. The van der Waals surface area contributed by atoms with Crippen LogP contribution in [0, 0.1) is 0 Å². The van der Waals surface area contributed by atoms with E-state index in [4.69, 9.17) is 0 Å². The first-order chi connectivity index (χ1) is 4.41. The van der Waals surface area contributed by atoms with Crippen molar-refractivity contribution in [3.05, 3.63) is 0 Å². The summed E-state index contributed by atoms with van der Waals surface area (Å²) in [6.07, 6.45) is 6.75. The van der Waals surface area contributed by atoms with E-state index in [2.05, 4.69) is 14.6 Å². The Bertz CT molecular complexity index is 42.2. The number of rotatable bonds is 6. The van der Waals surface area contributed by atoms with Crippen LogP contribution in [0.5, 0.6) is 0 Å². The zero-order valence-corrected chi connectivity index (χ0v) is 7.47. The molecule has 1 unspecified atom stereocenters. The van der Waals surface area contributed by atoms with Crippen LogP contribution in [0.2, 0.25) is 0 Å². The number of unbranched alkanes of at least 4 members (excludes halogenated alkanes) is 3. The average Bonchev–Trinajstić information content (AvgIpc) is 1.89. The van der Waals surface area contributed by atoms with Gasteiger partial charge in [0.05, 0.1) is 0 Å². The molecule has 0 aliphatic rings. The van der Waals surface area contributed by atoms with Gasteiger partial charge in [0.1, 0.15) is 0 Å². The van der Waals surface area contributed by atoms with E-state index in [0.29, 0.717) is 0 Å². The van der Waals surface area contributed by atoms with Gasteiger partial charge in [-0.1, -0.05) is 12.8 Å². The molecule has 0 fully saturated rings. The Morgan fingerprint density at radius 2 is 1.78 bits per heavy atom. The van der Waals surface area contributed by atoms with Crippen LogP contribution in [-0.4, -0.2) is 19.8 Å². The average molecular weight is 147 g/mol. The summed E-state index contributed by atoms with van der Waals surface area (Å²) in [4.78, 5) is 0. The van der Waals surface area contributed by atoms with E-state index < -0.39 is 0 Å². The van der Waals surface area contributed by atoms with Crippen LogP contribution < -0.4 is 5.32 Å². The summed E-state index contributed by atoms with van der Waals surface area (Å²) in [5, 5.41) is 3.14. The molecule has 0 rings (SSSR count). The standard InChI is InChI=1S/C7H18NP/c1-8-6-4-2-3-5-7-9/h8H,2-7,9H2,1H3. The second-order valence-electron chi connectivity index (χ2n) is 2.31. The molecule has 0 bridgehead atoms. The van der Waals surface area contributed by atoms with Crippen LogP contribution in [-0.2, 0) is 0 Å². The highest BCUT2D eigenvalue weighted by atomic mass is 31.0. The summed E-state index contributed by atoms with van der Waals surface area (Å²) in [7, 11) is 4.77. The van der Waals surface area contributed by atoms with Gasteiger partial charge >= 0.3 is 0 Å². The summed E-state index contributed by atoms with van der Waals surface area (Å²) < 4.78 is 0. The molecule has 0 saturated heterocycles. The molecule has 0 aromatic heterocycles. The fourth-order valence-electron chi connectivity index (χ4n) is 0.800. The van der Waals surface area contributed by atoms with Gasteiger partial charge in [0, 0.05) is 0 Å². The molecule has 1 atom stereocenters. The number of hydrogen-bond acceptors (Lipinski definition) is 1. The van der Waals surface area contributed by atoms with E-state index in [9.17, 15) is 0 Å². The smallest absolute Gasteiger partial charge is 0.00519 e. The lowest BCUT2D eigenvalue weighted by molar-refractivity contribution is 0.637. The van der Waals surface area contributed by atoms with Gasteiger partial charge in [-0.05, 0) is 32.6 Å². The van der Waals surface area contributed by atoms with Gasteiger partial charge in [-0.2, -0.15) is 0 Å². The fourth-order valence-corrected chi connectivity index (χ4v) is 1.09. The lowest BCUT2D eigenvalue weighted by Gasteiger charge is -1.97. The molecule has 0 spiro atoms. The van der Waals surface area contributed by atoms with Gasteiger partial charge in [0.15, 0.2) is 0 Å². The highest BCUT2D eigenvalue weighted by Gasteiger charge is 1.85. The summed E-state index contributed by atoms with van der Waals surface area (Å²) >= 11 is 0. The molecule has 2 heteroatoms. The molecule has 0 radical (unpaired) electrons. The number of hydrogen-bond donors (Lipinski definition) is 1. The Morgan fingerprint density at radius 1 is 1.11 bits per heavy atom. The normalized spacial score (nSPS) is 10.0. The van der Waals surface area contributed by atoms with E-state index in [1.807, 2.05) is 7.05 Å². The van der Waals surface area contributed by atoms with Gasteiger partial charge < -0.3 is 5.32 Å². The van der Waals surface area contributed by atoms with Crippen LogP contribution in [0.25, 0.3) is 0 Å². The second-order valence-corrected chi connectivity index (χ2v) is 2.88. The third-order valence-corrected chi connectivity index (χ3v) is 1.79. The largest absolute Gasteiger partial charge is 0.320 e. The lowest BCUT2D eigenvalue weighted by atomic mass is 10.2.